The summed E-state index contributed by atoms with van der Waals surface area (Å²) in [5.74, 6) is 0.208. The molecule has 2 rings (SSSR count). The molecule has 0 spiro atoms. The molecule has 0 aromatic heterocycles. The molecule has 1 unspecified atom stereocenters. The van der Waals surface area contributed by atoms with Crippen LogP contribution >= 0.6 is 11.6 Å². The highest BCUT2D eigenvalue weighted by atomic mass is 35.5. The Morgan fingerprint density at radius 1 is 1.32 bits per heavy atom. The number of hydrogen-bond donors (Lipinski definition) is 1. The van der Waals surface area contributed by atoms with Gasteiger partial charge in [0.25, 0.3) is 0 Å². The number of aryl methyl sites for hydroxylation is 1. The summed E-state index contributed by atoms with van der Waals surface area (Å²) in [6.07, 6.45) is 7.02. The summed E-state index contributed by atoms with van der Waals surface area (Å²) in [4.78, 5) is 12.6. The van der Waals surface area contributed by atoms with E-state index in [-0.39, 0.29) is 5.91 Å². The molecule has 25 heavy (non-hydrogen) atoms. The van der Waals surface area contributed by atoms with E-state index in [0.717, 1.165) is 29.0 Å². The van der Waals surface area contributed by atoms with Crippen LogP contribution in [0.3, 0.4) is 0 Å². The van der Waals surface area contributed by atoms with E-state index in [2.05, 4.69) is 5.32 Å². The van der Waals surface area contributed by atoms with Gasteiger partial charge >= 0.3 is 0 Å². The van der Waals surface area contributed by atoms with E-state index in [1.54, 1.807) is 32.0 Å². The molecule has 0 radical (unpaired) electrons. The molecular weight excluding hydrogens is 360 g/mol. The molecule has 1 amide bonds. The lowest BCUT2D eigenvalue weighted by atomic mass is 9.89. The van der Waals surface area contributed by atoms with Gasteiger partial charge in [-0.3, -0.25) is 9.10 Å². The zero-order chi connectivity index (χ0) is 18.6. The van der Waals surface area contributed by atoms with E-state index < -0.39 is 16.1 Å². The fraction of sp³-hybridized carbons (Fsp3) is 0.611. The third-order valence-corrected chi connectivity index (χ3v) is 6.25. The molecule has 7 heteroatoms. The number of sulfonamides is 1. The molecule has 5 nitrogen and oxygen atoms in total. The normalized spacial score (nSPS) is 17.1. The number of rotatable bonds is 6. The van der Waals surface area contributed by atoms with Gasteiger partial charge in [0, 0.05) is 11.6 Å². The Hall–Kier alpha value is -1.27. The molecule has 1 aliphatic rings. The first-order valence-corrected chi connectivity index (χ1v) is 11.0. The Kier molecular flexibility index (Phi) is 6.74. The van der Waals surface area contributed by atoms with Gasteiger partial charge in [-0.15, -0.1) is 0 Å². The first-order chi connectivity index (χ1) is 11.7. The smallest absolute Gasteiger partial charge is 0.243 e. The van der Waals surface area contributed by atoms with Gasteiger partial charge in [0.05, 0.1) is 11.9 Å². The molecule has 0 aliphatic heterocycles. The maximum atomic E-state index is 12.6. The van der Waals surface area contributed by atoms with Crippen molar-refractivity contribution in [3.05, 3.63) is 28.8 Å². The van der Waals surface area contributed by atoms with E-state index in [1.165, 1.54) is 19.3 Å². The number of hydrogen-bond acceptors (Lipinski definition) is 3. The molecule has 1 atom stereocenters. The number of carbonyl (C=O) groups is 1. The summed E-state index contributed by atoms with van der Waals surface area (Å²) < 4.78 is 25.9. The molecule has 0 heterocycles. The minimum atomic E-state index is -3.63. The lowest BCUT2D eigenvalue weighted by Gasteiger charge is -2.30. The van der Waals surface area contributed by atoms with Gasteiger partial charge in [-0.05, 0) is 50.3 Å². The zero-order valence-corrected chi connectivity index (χ0v) is 16.7. The standard InChI is InChI=1S/C18H27ClN2O3S/c1-13-9-10-16(19)11-17(13)21(25(3,23)24)14(2)18(22)20-12-15-7-5-4-6-8-15/h9-11,14-15H,4-8,12H2,1-3H3,(H,20,22). The highest BCUT2D eigenvalue weighted by Crippen LogP contribution is 2.28. The zero-order valence-electron chi connectivity index (χ0n) is 15.1. The molecule has 1 aliphatic carbocycles. The highest BCUT2D eigenvalue weighted by Gasteiger charge is 2.30. The van der Waals surface area contributed by atoms with E-state index in [9.17, 15) is 13.2 Å². The molecule has 1 aromatic rings. The topological polar surface area (TPSA) is 66.5 Å². The van der Waals surface area contributed by atoms with Gasteiger partial charge in [0.1, 0.15) is 6.04 Å². The van der Waals surface area contributed by atoms with Gasteiger partial charge in [-0.25, -0.2) is 8.42 Å². The largest absolute Gasteiger partial charge is 0.354 e. The van der Waals surface area contributed by atoms with Crippen molar-refractivity contribution in [2.24, 2.45) is 5.92 Å². The van der Waals surface area contributed by atoms with Crippen molar-refractivity contribution in [2.45, 2.75) is 52.0 Å². The molecule has 0 bridgehead atoms. The van der Waals surface area contributed by atoms with E-state index in [0.29, 0.717) is 23.2 Å². The molecule has 1 saturated carbocycles. The van der Waals surface area contributed by atoms with Crippen molar-refractivity contribution >= 4 is 33.2 Å². The number of carbonyl (C=O) groups excluding carboxylic acids is 1. The summed E-state index contributed by atoms with van der Waals surface area (Å²) in [6.45, 7) is 4.02. The van der Waals surface area contributed by atoms with Crippen molar-refractivity contribution < 1.29 is 13.2 Å². The van der Waals surface area contributed by atoms with Crippen LogP contribution in [0.1, 0.15) is 44.6 Å². The summed E-state index contributed by atoms with van der Waals surface area (Å²) in [5, 5.41) is 3.36. The average molecular weight is 387 g/mol. The second kappa shape index (κ2) is 8.41. The summed E-state index contributed by atoms with van der Waals surface area (Å²) in [5.41, 5.74) is 1.19. The number of anilines is 1. The predicted molar refractivity (Wildman–Crippen MR) is 103 cm³/mol. The van der Waals surface area contributed by atoms with Crippen LogP contribution in [0.2, 0.25) is 5.02 Å². The van der Waals surface area contributed by atoms with Crippen LogP contribution in [0.5, 0.6) is 0 Å². The van der Waals surface area contributed by atoms with Crippen molar-refractivity contribution in [3.63, 3.8) is 0 Å². The van der Waals surface area contributed by atoms with Crippen molar-refractivity contribution in [3.8, 4) is 0 Å². The Morgan fingerprint density at radius 2 is 1.96 bits per heavy atom. The van der Waals surface area contributed by atoms with E-state index >= 15 is 0 Å². The van der Waals surface area contributed by atoms with Gasteiger partial charge in [-0.1, -0.05) is 36.9 Å². The van der Waals surface area contributed by atoms with Crippen molar-refractivity contribution in [1.29, 1.82) is 0 Å². The number of halogens is 1. The molecule has 1 N–H and O–H groups in total. The quantitative estimate of drug-likeness (QED) is 0.813. The number of nitrogens with one attached hydrogen (secondary N) is 1. The van der Waals surface area contributed by atoms with Gasteiger partial charge in [-0.2, -0.15) is 0 Å². The highest BCUT2D eigenvalue weighted by molar-refractivity contribution is 7.92. The van der Waals surface area contributed by atoms with Crippen LogP contribution in [0.15, 0.2) is 18.2 Å². The van der Waals surface area contributed by atoms with E-state index in [4.69, 9.17) is 11.6 Å². The molecule has 140 valence electrons. The average Bonchev–Trinajstić information content (AvgIpc) is 2.55. The van der Waals surface area contributed by atoms with Crippen molar-refractivity contribution in [2.75, 3.05) is 17.1 Å². The summed E-state index contributed by atoms with van der Waals surface area (Å²) >= 11 is 6.04. The Morgan fingerprint density at radius 3 is 2.56 bits per heavy atom. The molecule has 0 saturated heterocycles. The third-order valence-electron chi connectivity index (χ3n) is 4.79. The van der Waals surface area contributed by atoms with Crippen LogP contribution in [-0.2, 0) is 14.8 Å². The van der Waals surface area contributed by atoms with Crippen molar-refractivity contribution in [1.82, 2.24) is 5.32 Å². The van der Waals surface area contributed by atoms with Gasteiger partial charge in [0.2, 0.25) is 15.9 Å². The lowest BCUT2D eigenvalue weighted by molar-refractivity contribution is -0.122. The number of amides is 1. The summed E-state index contributed by atoms with van der Waals surface area (Å²) in [7, 11) is -3.63. The maximum Gasteiger partial charge on any atom is 0.243 e. The van der Waals surface area contributed by atoms with Crippen LogP contribution in [0.4, 0.5) is 5.69 Å². The Labute approximate surface area is 155 Å². The lowest BCUT2D eigenvalue weighted by Crippen LogP contribution is -2.49. The van der Waals surface area contributed by atoms with Crippen LogP contribution in [0, 0.1) is 12.8 Å². The second-order valence-electron chi connectivity index (χ2n) is 6.91. The number of nitrogens with zero attached hydrogens (tertiary/aromatic N) is 1. The molecule has 1 aromatic carbocycles. The minimum absolute atomic E-state index is 0.282. The first kappa shape index (κ1) is 20.0. The Balaban J connectivity index is 2.16. The van der Waals surface area contributed by atoms with Gasteiger partial charge < -0.3 is 5.32 Å². The Bertz CT molecular complexity index is 715. The summed E-state index contributed by atoms with van der Waals surface area (Å²) in [6, 6.07) is 4.20. The van der Waals surface area contributed by atoms with Crippen LogP contribution in [-0.4, -0.2) is 33.2 Å². The first-order valence-electron chi connectivity index (χ1n) is 8.73. The number of benzene rings is 1. The van der Waals surface area contributed by atoms with E-state index in [1.807, 2.05) is 0 Å². The van der Waals surface area contributed by atoms with Crippen LogP contribution < -0.4 is 9.62 Å². The predicted octanol–water partition coefficient (Wildman–Crippen LogP) is 3.50. The van der Waals surface area contributed by atoms with Gasteiger partial charge in [0.15, 0.2) is 0 Å². The molecule has 1 fully saturated rings. The maximum absolute atomic E-state index is 12.6. The monoisotopic (exact) mass is 386 g/mol. The van der Waals surface area contributed by atoms with Crippen LogP contribution in [0.25, 0.3) is 0 Å². The third kappa shape index (κ3) is 5.35. The fourth-order valence-electron chi connectivity index (χ4n) is 3.38. The second-order valence-corrected chi connectivity index (χ2v) is 9.21. The minimum Gasteiger partial charge on any atom is -0.354 e. The molecular formula is C18H27ClN2O3S. The SMILES string of the molecule is Cc1ccc(Cl)cc1N(C(C)C(=O)NCC1CCCCC1)S(C)(=O)=O. The fourth-order valence-corrected chi connectivity index (χ4v) is 4.78.